The van der Waals surface area contributed by atoms with Crippen molar-refractivity contribution < 1.29 is 9.47 Å². The zero-order valence-electron chi connectivity index (χ0n) is 12.6. The number of likely N-dealkylation sites (tertiary alicyclic amines) is 1. The van der Waals surface area contributed by atoms with E-state index in [-0.39, 0.29) is 12.4 Å². The molecule has 2 saturated heterocycles. The van der Waals surface area contributed by atoms with Crippen molar-refractivity contribution in [1.82, 2.24) is 4.90 Å². The molecule has 2 fully saturated rings. The molecule has 4 heteroatoms. The van der Waals surface area contributed by atoms with Crippen LogP contribution in [0.3, 0.4) is 0 Å². The average molecular weight is 310 g/mol. The Morgan fingerprint density at radius 3 is 2.86 bits per heavy atom. The third-order valence-corrected chi connectivity index (χ3v) is 4.79. The lowest BCUT2D eigenvalue weighted by Crippen LogP contribution is -2.40. The molecular weight excluding hydrogens is 286 g/mol. The number of rotatable bonds is 4. The summed E-state index contributed by atoms with van der Waals surface area (Å²) in [6.07, 6.45) is 3.92. The standard InChI is InChI=1S/C17H24ClNO2/c1-2-13-4-3-9-19(10-13)11-16-12-20-17(21-16)14-5-7-15(18)8-6-14/h5-8,13,16-17H,2-4,9-12H2,1H3/t13-,16-,17+/m1/s1. The summed E-state index contributed by atoms with van der Waals surface area (Å²) in [5, 5.41) is 0.743. The maximum Gasteiger partial charge on any atom is 0.184 e. The van der Waals surface area contributed by atoms with E-state index in [9.17, 15) is 0 Å². The zero-order chi connectivity index (χ0) is 14.7. The van der Waals surface area contributed by atoms with Gasteiger partial charge in [-0.3, -0.25) is 0 Å². The molecule has 2 aliphatic heterocycles. The van der Waals surface area contributed by atoms with E-state index in [4.69, 9.17) is 21.1 Å². The maximum atomic E-state index is 6.05. The first kappa shape index (κ1) is 15.3. The Hall–Kier alpha value is -0.610. The van der Waals surface area contributed by atoms with E-state index in [1.54, 1.807) is 0 Å². The van der Waals surface area contributed by atoms with Crippen molar-refractivity contribution in [3.63, 3.8) is 0 Å². The SMILES string of the molecule is CC[C@@H]1CCCN(C[C@@H]2CO[C@H](c3ccc(Cl)cc3)O2)C1. The molecule has 1 aromatic rings. The van der Waals surface area contributed by atoms with Crippen LogP contribution in [0.2, 0.25) is 5.02 Å². The highest BCUT2D eigenvalue weighted by Crippen LogP contribution is 2.29. The van der Waals surface area contributed by atoms with E-state index in [1.807, 2.05) is 24.3 Å². The molecule has 0 unspecified atom stereocenters. The van der Waals surface area contributed by atoms with Gasteiger partial charge in [-0.05, 0) is 37.4 Å². The molecule has 3 atom stereocenters. The third-order valence-electron chi connectivity index (χ3n) is 4.53. The van der Waals surface area contributed by atoms with Crippen molar-refractivity contribution in [2.75, 3.05) is 26.2 Å². The first-order valence-corrected chi connectivity index (χ1v) is 8.37. The van der Waals surface area contributed by atoms with Crippen molar-refractivity contribution >= 4 is 11.6 Å². The van der Waals surface area contributed by atoms with Crippen LogP contribution in [0.25, 0.3) is 0 Å². The number of hydrogen-bond acceptors (Lipinski definition) is 3. The summed E-state index contributed by atoms with van der Waals surface area (Å²) < 4.78 is 11.8. The minimum Gasteiger partial charge on any atom is -0.346 e. The summed E-state index contributed by atoms with van der Waals surface area (Å²) >= 11 is 5.91. The summed E-state index contributed by atoms with van der Waals surface area (Å²) in [6, 6.07) is 7.72. The summed E-state index contributed by atoms with van der Waals surface area (Å²) in [5.41, 5.74) is 1.05. The summed E-state index contributed by atoms with van der Waals surface area (Å²) in [7, 11) is 0. The Labute approximate surface area is 132 Å². The van der Waals surface area contributed by atoms with Crippen molar-refractivity contribution in [2.45, 2.75) is 38.6 Å². The van der Waals surface area contributed by atoms with E-state index in [1.165, 1.54) is 32.4 Å². The van der Waals surface area contributed by atoms with Crippen LogP contribution >= 0.6 is 11.6 Å². The molecule has 116 valence electrons. The highest BCUT2D eigenvalue weighted by atomic mass is 35.5. The smallest absolute Gasteiger partial charge is 0.184 e. The monoisotopic (exact) mass is 309 g/mol. The molecular formula is C17H24ClNO2. The fraction of sp³-hybridized carbons (Fsp3) is 0.647. The van der Waals surface area contributed by atoms with Gasteiger partial charge in [0.2, 0.25) is 0 Å². The van der Waals surface area contributed by atoms with Gasteiger partial charge in [-0.1, -0.05) is 37.1 Å². The van der Waals surface area contributed by atoms with Crippen LogP contribution in [-0.2, 0) is 9.47 Å². The highest BCUT2D eigenvalue weighted by molar-refractivity contribution is 6.30. The predicted molar refractivity (Wildman–Crippen MR) is 84.5 cm³/mol. The molecule has 3 rings (SSSR count). The lowest BCUT2D eigenvalue weighted by Gasteiger charge is -2.33. The molecule has 2 heterocycles. The zero-order valence-corrected chi connectivity index (χ0v) is 13.4. The van der Waals surface area contributed by atoms with Crippen LogP contribution in [-0.4, -0.2) is 37.2 Å². The fourth-order valence-corrected chi connectivity index (χ4v) is 3.40. The van der Waals surface area contributed by atoms with Gasteiger partial charge >= 0.3 is 0 Å². The van der Waals surface area contributed by atoms with Gasteiger partial charge in [-0.25, -0.2) is 0 Å². The van der Waals surface area contributed by atoms with E-state index >= 15 is 0 Å². The van der Waals surface area contributed by atoms with Gasteiger partial charge in [-0.2, -0.15) is 0 Å². The Morgan fingerprint density at radius 1 is 1.29 bits per heavy atom. The lowest BCUT2D eigenvalue weighted by atomic mass is 9.95. The van der Waals surface area contributed by atoms with Gasteiger partial charge in [0.25, 0.3) is 0 Å². The lowest BCUT2D eigenvalue weighted by molar-refractivity contribution is -0.0656. The summed E-state index contributed by atoms with van der Waals surface area (Å²) in [6.45, 7) is 6.37. The second-order valence-electron chi connectivity index (χ2n) is 6.15. The Bertz CT molecular complexity index is 451. The first-order chi connectivity index (χ1) is 10.2. The second-order valence-corrected chi connectivity index (χ2v) is 6.59. The van der Waals surface area contributed by atoms with Gasteiger partial charge in [0.05, 0.1) is 12.7 Å². The normalized spacial score (nSPS) is 30.7. The molecule has 0 N–H and O–H groups in total. The van der Waals surface area contributed by atoms with Gasteiger partial charge in [0.1, 0.15) is 0 Å². The van der Waals surface area contributed by atoms with Crippen LogP contribution in [0.1, 0.15) is 38.0 Å². The molecule has 0 amide bonds. The summed E-state index contributed by atoms with van der Waals surface area (Å²) in [4.78, 5) is 2.54. The quantitative estimate of drug-likeness (QED) is 0.842. The number of ether oxygens (including phenoxy) is 2. The molecule has 21 heavy (non-hydrogen) atoms. The van der Waals surface area contributed by atoms with Gasteiger partial charge < -0.3 is 14.4 Å². The molecule has 2 aliphatic rings. The molecule has 0 spiro atoms. The second kappa shape index (κ2) is 7.10. The van der Waals surface area contributed by atoms with Crippen LogP contribution in [0.15, 0.2) is 24.3 Å². The maximum absolute atomic E-state index is 6.05. The topological polar surface area (TPSA) is 21.7 Å². The predicted octanol–water partition coefficient (Wildman–Crippen LogP) is 3.88. The van der Waals surface area contributed by atoms with E-state index in [0.717, 1.165) is 23.0 Å². The molecule has 0 saturated carbocycles. The molecule has 0 aliphatic carbocycles. The minimum absolute atomic E-state index is 0.182. The first-order valence-electron chi connectivity index (χ1n) is 7.99. The van der Waals surface area contributed by atoms with E-state index in [0.29, 0.717) is 6.61 Å². The van der Waals surface area contributed by atoms with Crippen molar-refractivity contribution in [3.8, 4) is 0 Å². The molecule has 0 bridgehead atoms. The number of hydrogen-bond donors (Lipinski definition) is 0. The Kier molecular flexibility index (Phi) is 5.17. The number of piperidine rings is 1. The number of halogens is 1. The Balaban J connectivity index is 1.51. The van der Waals surface area contributed by atoms with Gasteiger partial charge in [0, 0.05) is 23.7 Å². The molecule has 3 nitrogen and oxygen atoms in total. The van der Waals surface area contributed by atoms with Gasteiger partial charge in [-0.15, -0.1) is 0 Å². The van der Waals surface area contributed by atoms with Crippen molar-refractivity contribution in [3.05, 3.63) is 34.9 Å². The molecule has 1 aromatic carbocycles. The van der Waals surface area contributed by atoms with Crippen LogP contribution in [0.5, 0.6) is 0 Å². The van der Waals surface area contributed by atoms with Crippen LogP contribution in [0, 0.1) is 5.92 Å². The minimum atomic E-state index is -0.237. The van der Waals surface area contributed by atoms with Crippen LogP contribution in [0.4, 0.5) is 0 Å². The summed E-state index contributed by atoms with van der Waals surface area (Å²) in [5.74, 6) is 0.855. The Morgan fingerprint density at radius 2 is 2.10 bits per heavy atom. The van der Waals surface area contributed by atoms with Crippen LogP contribution < -0.4 is 0 Å². The largest absolute Gasteiger partial charge is 0.346 e. The van der Waals surface area contributed by atoms with E-state index in [2.05, 4.69) is 11.8 Å². The van der Waals surface area contributed by atoms with Gasteiger partial charge in [0.15, 0.2) is 6.29 Å². The molecule has 0 radical (unpaired) electrons. The van der Waals surface area contributed by atoms with Crippen molar-refractivity contribution in [2.24, 2.45) is 5.92 Å². The highest BCUT2D eigenvalue weighted by Gasteiger charge is 2.30. The molecule has 0 aromatic heterocycles. The van der Waals surface area contributed by atoms with E-state index < -0.39 is 0 Å². The number of nitrogens with zero attached hydrogens (tertiary/aromatic N) is 1. The fourth-order valence-electron chi connectivity index (χ4n) is 3.28. The van der Waals surface area contributed by atoms with Crippen molar-refractivity contribution in [1.29, 1.82) is 0 Å². The number of benzene rings is 1. The third kappa shape index (κ3) is 3.98. The average Bonchev–Trinajstić information content (AvgIpc) is 2.96.